The normalized spacial score (nSPS) is 27.7. The molecule has 1 amide bonds. The van der Waals surface area contributed by atoms with Gasteiger partial charge in [-0.05, 0) is 19.4 Å². The van der Waals surface area contributed by atoms with E-state index in [9.17, 15) is 4.79 Å². The monoisotopic (exact) mass is 243 g/mol. The van der Waals surface area contributed by atoms with E-state index in [0.717, 1.165) is 31.5 Å². The summed E-state index contributed by atoms with van der Waals surface area (Å²) < 4.78 is 0. The van der Waals surface area contributed by atoms with E-state index in [1.165, 1.54) is 0 Å². The van der Waals surface area contributed by atoms with Gasteiger partial charge in [-0.15, -0.1) is 0 Å². The molecular formula is C14H17N3O. The van der Waals surface area contributed by atoms with Crippen molar-refractivity contribution >= 4 is 11.6 Å². The molecule has 1 aromatic carbocycles. The van der Waals surface area contributed by atoms with E-state index in [4.69, 9.17) is 4.99 Å². The van der Waals surface area contributed by atoms with Gasteiger partial charge in [0.15, 0.2) is 0 Å². The van der Waals surface area contributed by atoms with Crippen LogP contribution in [0.2, 0.25) is 0 Å². The van der Waals surface area contributed by atoms with Crippen LogP contribution in [0.4, 0.5) is 0 Å². The second-order valence-corrected chi connectivity index (χ2v) is 4.95. The van der Waals surface area contributed by atoms with Crippen LogP contribution in [0.5, 0.6) is 0 Å². The lowest BCUT2D eigenvalue weighted by Gasteiger charge is -2.37. The molecule has 0 radical (unpaired) electrons. The Balaban J connectivity index is 2.00. The lowest BCUT2D eigenvalue weighted by atomic mass is 10.00. The summed E-state index contributed by atoms with van der Waals surface area (Å²) >= 11 is 0. The highest BCUT2D eigenvalue weighted by Crippen LogP contribution is 2.31. The SMILES string of the molecule is CN1C(=O)C(c2ccccc2)=N[C@]12CCCNC2. The molecule has 0 unspecified atom stereocenters. The maximum absolute atomic E-state index is 12.3. The molecule has 0 bridgehead atoms. The molecule has 0 saturated carbocycles. The number of hydrogen-bond donors (Lipinski definition) is 1. The van der Waals surface area contributed by atoms with Gasteiger partial charge in [-0.25, -0.2) is 4.99 Å². The number of aliphatic imine (C=N–C) groups is 1. The van der Waals surface area contributed by atoms with Gasteiger partial charge in [0.2, 0.25) is 0 Å². The number of rotatable bonds is 1. The average molecular weight is 243 g/mol. The van der Waals surface area contributed by atoms with Gasteiger partial charge in [0.25, 0.3) is 5.91 Å². The van der Waals surface area contributed by atoms with Gasteiger partial charge in [0.1, 0.15) is 11.4 Å². The van der Waals surface area contributed by atoms with Crippen LogP contribution in [0.15, 0.2) is 35.3 Å². The minimum atomic E-state index is -0.361. The van der Waals surface area contributed by atoms with Crippen molar-refractivity contribution in [1.29, 1.82) is 0 Å². The quantitative estimate of drug-likeness (QED) is 0.800. The summed E-state index contributed by atoms with van der Waals surface area (Å²) in [7, 11) is 1.86. The fourth-order valence-corrected chi connectivity index (χ4v) is 2.72. The lowest BCUT2D eigenvalue weighted by Crippen LogP contribution is -2.53. The predicted octanol–water partition coefficient (Wildman–Crippen LogP) is 1.03. The standard InChI is InChI=1S/C14H17N3O/c1-17-13(18)12(11-6-3-2-4-7-11)16-14(17)8-5-9-15-10-14/h2-4,6-7,15H,5,8-10H2,1H3/t14-/m1/s1. The first-order valence-corrected chi connectivity index (χ1v) is 6.37. The Bertz CT molecular complexity index is 489. The Labute approximate surface area is 107 Å². The number of benzene rings is 1. The van der Waals surface area contributed by atoms with Crippen LogP contribution in [0, 0.1) is 0 Å². The first-order chi connectivity index (χ1) is 8.73. The number of carbonyl (C=O) groups is 1. The number of hydrogen-bond acceptors (Lipinski definition) is 3. The van der Waals surface area contributed by atoms with Crippen molar-refractivity contribution in [1.82, 2.24) is 10.2 Å². The van der Waals surface area contributed by atoms with Crippen LogP contribution in [0.1, 0.15) is 18.4 Å². The summed E-state index contributed by atoms with van der Waals surface area (Å²) in [4.78, 5) is 18.9. The lowest BCUT2D eigenvalue weighted by molar-refractivity contribution is -0.126. The van der Waals surface area contributed by atoms with Crippen LogP contribution < -0.4 is 5.32 Å². The number of carbonyl (C=O) groups excluding carboxylic acids is 1. The van der Waals surface area contributed by atoms with Crippen LogP contribution in [0.3, 0.4) is 0 Å². The molecule has 1 atom stereocenters. The third kappa shape index (κ3) is 1.64. The molecule has 4 heteroatoms. The predicted molar refractivity (Wildman–Crippen MR) is 70.6 cm³/mol. The van der Waals surface area contributed by atoms with Crippen LogP contribution in [-0.4, -0.2) is 42.3 Å². The number of nitrogens with one attached hydrogen (secondary N) is 1. The maximum Gasteiger partial charge on any atom is 0.274 e. The molecule has 1 fully saturated rings. The Morgan fingerprint density at radius 2 is 2.11 bits per heavy atom. The third-order valence-electron chi connectivity index (χ3n) is 3.84. The topological polar surface area (TPSA) is 44.7 Å². The Morgan fingerprint density at radius 3 is 2.78 bits per heavy atom. The fraction of sp³-hybridized carbons (Fsp3) is 0.429. The first kappa shape index (κ1) is 11.4. The summed E-state index contributed by atoms with van der Waals surface area (Å²) in [5, 5.41) is 3.34. The molecule has 1 N–H and O–H groups in total. The van der Waals surface area contributed by atoms with E-state index in [-0.39, 0.29) is 11.6 Å². The second kappa shape index (κ2) is 4.21. The van der Waals surface area contributed by atoms with Crippen LogP contribution in [0.25, 0.3) is 0 Å². The molecule has 3 rings (SSSR count). The molecule has 2 aliphatic rings. The van der Waals surface area contributed by atoms with E-state index >= 15 is 0 Å². The van der Waals surface area contributed by atoms with E-state index in [1.54, 1.807) is 4.90 Å². The highest BCUT2D eigenvalue weighted by atomic mass is 16.2. The van der Waals surface area contributed by atoms with E-state index in [0.29, 0.717) is 5.71 Å². The van der Waals surface area contributed by atoms with Gasteiger partial charge >= 0.3 is 0 Å². The number of piperidine rings is 1. The highest BCUT2D eigenvalue weighted by Gasteiger charge is 2.45. The van der Waals surface area contributed by atoms with Crippen molar-refractivity contribution in [2.45, 2.75) is 18.5 Å². The summed E-state index contributed by atoms with van der Waals surface area (Å²) in [5.41, 5.74) is 1.15. The zero-order valence-corrected chi connectivity index (χ0v) is 10.5. The molecule has 0 aliphatic carbocycles. The van der Waals surface area contributed by atoms with Crippen molar-refractivity contribution in [3.05, 3.63) is 35.9 Å². The van der Waals surface area contributed by atoms with Gasteiger partial charge < -0.3 is 10.2 Å². The molecule has 94 valence electrons. The van der Waals surface area contributed by atoms with Crippen molar-refractivity contribution in [3.63, 3.8) is 0 Å². The number of likely N-dealkylation sites (N-methyl/N-ethyl adjacent to an activating group) is 1. The molecule has 2 aliphatic heterocycles. The smallest absolute Gasteiger partial charge is 0.274 e. The number of nitrogens with zero attached hydrogens (tertiary/aromatic N) is 2. The summed E-state index contributed by atoms with van der Waals surface area (Å²) in [6, 6.07) is 9.72. The summed E-state index contributed by atoms with van der Waals surface area (Å²) in [5.74, 6) is 0.0323. The Hall–Kier alpha value is -1.68. The van der Waals surface area contributed by atoms with Gasteiger partial charge in [-0.2, -0.15) is 0 Å². The van der Waals surface area contributed by atoms with E-state index in [1.807, 2.05) is 37.4 Å². The second-order valence-electron chi connectivity index (χ2n) is 4.95. The highest BCUT2D eigenvalue weighted by molar-refractivity contribution is 6.46. The molecule has 1 spiro atoms. The molecule has 4 nitrogen and oxygen atoms in total. The molecule has 1 saturated heterocycles. The van der Waals surface area contributed by atoms with Gasteiger partial charge in [-0.1, -0.05) is 30.3 Å². The summed E-state index contributed by atoms with van der Waals surface area (Å²) in [6.07, 6.45) is 2.00. The number of amides is 1. The minimum Gasteiger partial charge on any atom is -0.314 e. The zero-order chi connectivity index (χ0) is 12.6. The average Bonchev–Trinajstić information content (AvgIpc) is 2.67. The minimum absolute atomic E-state index is 0.0323. The van der Waals surface area contributed by atoms with Gasteiger partial charge in [-0.3, -0.25) is 4.79 Å². The van der Waals surface area contributed by atoms with Gasteiger partial charge in [0.05, 0.1) is 0 Å². The molecular weight excluding hydrogens is 226 g/mol. The first-order valence-electron chi connectivity index (χ1n) is 6.37. The maximum atomic E-state index is 12.3. The van der Waals surface area contributed by atoms with Crippen molar-refractivity contribution in [3.8, 4) is 0 Å². The largest absolute Gasteiger partial charge is 0.314 e. The van der Waals surface area contributed by atoms with Crippen molar-refractivity contribution in [2.24, 2.45) is 4.99 Å². The molecule has 1 aromatic rings. The third-order valence-corrected chi connectivity index (χ3v) is 3.84. The van der Waals surface area contributed by atoms with Crippen LogP contribution >= 0.6 is 0 Å². The molecule has 2 heterocycles. The Kier molecular flexibility index (Phi) is 2.67. The van der Waals surface area contributed by atoms with E-state index < -0.39 is 0 Å². The zero-order valence-electron chi connectivity index (χ0n) is 10.5. The fourth-order valence-electron chi connectivity index (χ4n) is 2.72. The molecule has 0 aromatic heterocycles. The van der Waals surface area contributed by atoms with Crippen molar-refractivity contribution < 1.29 is 4.79 Å². The van der Waals surface area contributed by atoms with Crippen LogP contribution in [-0.2, 0) is 4.79 Å². The van der Waals surface area contributed by atoms with Crippen molar-refractivity contribution in [2.75, 3.05) is 20.1 Å². The van der Waals surface area contributed by atoms with E-state index in [2.05, 4.69) is 5.32 Å². The summed E-state index contributed by atoms with van der Waals surface area (Å²) in [6.45, 7) is 1.77. The van der Waals surface area contributed by atoms with Gasteiger partial charge in [0, 0.05) is 19.2 Å². The molecule has 18 heavy (non-hydrogen) atoms. The Morgan fingerprint density at radius 1 is 1.33 bits per heavy atom.